The van der Waals surface area contributed by atoms with E-state index >= 15 is 0 Å². The number of halogens is 1. The fourth-order valence-corrected chi connectivity index (χ4v) is 3.34. The lowest BCUT2D eigenvalue weighted by Gasteiger charge is -2.30. The van der Waals surface area contributed by atoms with Crippen molar-refractivity contribution < 1.29 is 4.52 Å². The predicted octanol–water partition coefficient (Wildman–Crippen LogP) is 2.14. The maximum atomic E-state index is 5.34. The number of likely N-dealkylation sites (N-methyl/N-ethyl adjacent to an activating group) is 1. The zero-order chi connectivity index (χ0) is 12.5. The molecule has 5 nitrogen and oxygen atoms in total. The van der Waals surface area contributed by atoms with Crippen LogP contribution in [0.25, 0.3) is 10.8 Å². The van der Waals surface area contributed by atoms with E-state index in [9.17, 15) is 0 Å². The summed E-state index contributed by atoms with van der Waals surface area (Å²) in [5, 5.41) is 9.46. The van der Waals surface area contributed by atoms with Gasteiger partial charge in [0.2, 0.25) is 0 Å². The number of nitrogens with one attached hydrogen (secondary N) is 1. The van der Waals surface area contributed by atoms with E-state index in [-0.39, 0.29) is 6.04 Å². The van der Waals surface area contributed by atoms with Crippen molar-refractivity contribution in [2.75, 3.05) is 26.7 Å². The molecule has 0 spiro atoms. The van der Waals surface area contributed by atoms with Gasteiger partial charge >= 0.3 is 0 Å². The summed E-state index contributed by atoms with van der Waals surface area (Å²) in [6.07, 6.45) is 0. The number of piperazine rings is 1. The first-order valence-corrected chi connectivity index (χ1v) is 7.40. The summed E-state index contributed by atoms with van der Waals surface area (Å²) in [6.45, 7) is 2.87. The SMILES string of the molecule is CN1CCNCC1c1noc(-c2cc(Br)cs2)n1. The highest BCUT2D eigenvalue weighted by Gasteiger charge is 2.25. The smallest absolute Gasteiger partial charge is 0.268 e. The molecule has 0 radical (unpaired) electrons. The summed E-state index contributed by atoms with van der Waals surface area (Å²) in [5.41, 5.74) is 0. The van der Waals surface area contributed by atoms with E-state index in [2.05, 4.69) is 43.3 Å². The minimum atomic E-state index is 0.194. The Balaban J connectivity index is 1.84. The number of aromatic nitrogens is 2. The highest BCUT2D eigenvalue weighted by atomic mass is 79.9. The van der Waals surface area contributed by atoms with Crippen molar-refractivity contribution in [1.29, 1.82) is 0 Å². The molecular weight excluding hydrogens is 316 g/mol. The Kier molecular flexibility index (Phi) is 3.47. The van der Waals surface area contributed by atoms with Crippen molar-refractivity contribution in [3.8, 4) is 10.8 Å². The van der Waals surface area contributed by atoms with Crippen LogP contribution in [0.3, 0.4) is 0 Å². The number of hydrogen-bond donors (Lipinski definition) is 1. The molecule has 1 aliphatic heterocycles. The maximum absolute atomic E-state index is 5.34. The second kappa shape index (κ2) is 5.08. The fourth-order valence-electron chi connectivity index (χ4n) is 1.99. The lowest BCUT2D eigenvalue weighted by Crippen LogP contribution is -2.44. The molecule has 18 heavy (non-hydrogen) atoms. The quantitative estimate of drug-likeness (QED) is 0.915. The molecule has 2 aromatic heterocycles. The van der Waals surface area contributed by atoms with Gasteiger partial charge in [0.05, 0.1) is 10.9 Å². The summed E-state index contributed by atoms with van der Waals surface area (Å²) in [5.74, 6) is 1.35. The molecule has 96 valence electrons. The van der Waals surface area contributed by atoms with Crippen LogP contribution in [0.4, 0.5) is 0 Å². The van der Waals surface area contributed by atoms with E-state index in [1.807, 2.05) is 11.4 Å². The average molecular weight is 329 g/mol. The van der Waals surface area contributed by atoms with E-state index in [0.717, 1.165) is 34.8 Å². The predicted molar refractivity (Wildman–Crippen MR) is 73.6 cm³/mol. The molecule has 2 aromatic rings. The molecule has 1 N–H and O–H groups in total. The minimum absolute atomic E-state index is 0.194. The van der Waals surface area contributed by atoms with Crippen molar-refractivity contribution >= 4 is 27.3 Å². The third-order valence-electron chi connectivity index (χ3n) is 3.03. The molecular formula is C11H13BrN4OS. The molecule has 1 aliphatic rings. The third kappa shape index (κ3) is 2.35. The van der Waals surface area contributed by atoms with Crippen LogP contribution in [0.1, 0.15) is 11.9 Å². The minimum Gasteiger partial charge on any atom is -0.333 e. The first-order valence-electron chi connectivity index (χ1n) is 5.73. The van der Waals surface area contributed by atoms with Gasteiger partial charge in [-0.1, -0.05) is 5.16 Å². The summed E-state index contributed by atoms with van der Waals surface area (Å²) in [4.78, 5) is 7.74. The van der Waals surface area contributed by atoms with Crippen LogP contribution >= 0.6 is 27.3 Å². The standard InChI is InChI=1S/C11H13BrN4OS/c1-16-3-2-13-5-8(16)10-14-11(17-15-10)9-4-7(12)6-18-9/h4,6,8,13H,2-3,5H2,1H3. The van der Waals surface area contributed by atoms with Gasteiger partial charge in [-0.3, -0.25) is 4.90 Å². The van der Waals surface area contributed by atoms with Gasteiger partial charge in [-0.05, 0) is 29.0 Å². The van der Waals surface area contributed by atoms with E-state index in [4.69, 9.17) is 4.52 Å². The van der Waals surface area contributed by atoms with Crippen molar-refractivity contribution in [2.45, 2.75) is 6.04 Å². The third-order valence-corrected chi connectivity index (χ3v) is 4.71. The summed E-state index contributed by atoms with van der Waals surface area (Å²) >= 11 is 5.02. The van der Waals surface area contributed by atoms with Gasteiger partial charge in [0.1, 0.15) is 0 Å². The molecule has 0 aromatic carbocycles. The van der Waals surface area contributed by atoms with Gasteiger partial charge in [0, 0.05) is 29.5 Å². The first-order chi connectivity index (χ1) is 8.74. The zero-order valence-corrected chi connectivity index (χ0v) is 12.3. The Morgan fingerprint density at radius 2 is 2.50 bits per heavy atom. The monoisotopic (exact) mass is 328 g/mol. The molecule has 1 saturated heterocycles. The Morgan fingerprint density at radius 3 is 3.22 bits per heavy atom. The van der Waals surface area contributed by atoms with Crippen LogP contribution < -0.4 is 5.32 Å². The van der Waals surface area contributed by atoms with Gasteiger partial charge in [-0.2, -0.15) is 4.98 Å². The summed E-state index contributed by atoms with van der Waals surface area (Å²) in [6, 6.07) is 2.18. The Morgan fingerprint density at radius 1 is 1.61 bits per heavy atom. The number of thiophene rings is 1. The maximum Gasteiger partial charge on any atom is 0.268 e. The van der Waals surface area contributed by atoms with Crippen LogP contribution in [-0.4, -0.2) is 41.7 Å². The molecule has 1 unspecified atom stereocenters. The van der Waals surface area contributed by atoms with E-state index in [0.29, 0.717) is 5.89 Å². The Bertz CT molecular complexity index is 541. The summed E-state index contributed by atoms with van der Waals surface area (Å²) < 4.78 is 6.38. The van der Waals surface area contributed by atoms with Crippen molar-refractivity contribution in [3.05, 3.63) is 21.7 Å². The van der Waals surface area contributed by atoms with Crippen molar-refractivity contribution in [3.63, 3.8) is 0 Å². The van der Waals surface area contributed by atoms with Gasteiger partial charge in [0.25, 0.3) is 5.89 Å². The van der Waals surface area contributed by atoms with E-state index in [1.54, 1.807) is 11.3 Å². The molecule has 0 saturated carbocycles. The molecule has 3 rings (SSSR count). The molecule has 7 heteroatoms. The number of nitrogens with zero attached hydrogens (tertiary/aromatic N) is 3. The van der Waals surface area contributed by atoms with Crippen LogP contribution in [0.5, 0.6) is 0 Å². The largest absolute Gasteiger partial charge is 0.333 e. The highest BCUT2D eigenvalue weighted by Crippen LogP contribution is 2.29. The van der Waals surface area contributed by atoms with Crippen LogP contribution in [0, 0.1) is 0 Å². The van der Waals surface area contributed by atoms with Crippen LogP contribution in [0.2, 0.25) is 0 Å². The fraction of sp³-hybridized carbons (Fsp3) is 0.455. The molecule has 1 fully saturated rings. The van der Waals surface area contributed by atoms with Gasteiger partial charge < -0.3 is 9.84 Å². The number of rotatable bonds is 2. The Labute approximate surface area is 117 Å². The zero-order valence-electron chi connectivity index (χ0n) is 9.89. The highest BCUT2D eigenvalue weighted by molar-refractivity contribution is 9.10. The van der Waals surface area contributed by atoms with Crippen LogP contribution in [-0.2, 0) is 0 Å². The van der Waals surface area contributed by atoms with Gasteiger partial charge in [-0.15, -0.1) is 11.3 Å². The molecule has 1 atom stereocenters. The first kappa shape index (κ1) is 12.3. The second-order valence-corrected chi connectivity index (χ2v) is 6.11. The lowest BCUT2D eigenvalue weighted by molar-refractivity contribution is 0.190. The van der Waals surface area contributed by atoms with Gasteiger partial charge in [0.15, 0.2) is 5.82 Å². The average Bonchev–Trinajstić information content (AvgIpc) is 2.98. The molecule has 3 heterocycles. The molecule has 0 aliphatic carbocycles. The van der Waals surface area contributed by atoms with Crippen LogP contribution in [0.15, 0.2) is 20.4 Å². The lowest BCUT2D eigenvalue weighted by atomic mass is 10.2. The van der Waals surface area contributed by atoms with Gasteiger partial charge in [-0.25, -0.2) is 0 Å². The second-order valence-electron chi connectivity index (χ2n) is 4.29. The summed E-state index contributed by atoms with van der Waals surface area (Å²) in [7, 11) is 2.09. The normalized spacial score (nSPS) is 21.3. The van der Waals surface area contributed by atoms with E-state index < -0.39 is 0 Å². The van der Waals surface area contributed by atoms with Crippen molar-refractivity contribution in [1.82, 2.24) is 20.4 Å². The molecule has 0 amide bonds. The topological polar surface area (TPSA) is 54.2 Å². The molecule has 0 bridgehead atoms. The Hall–Kier alpha value is -0.760. The van der Waals surface area contributed by atoms with Crippen molar-refractivity contribution in [2.24, 2.45) is 0 Å². The number of hydrogen-bond acceptors (Lipinski definition) is 6. The van der Waals surface area contributed by atoms with E-state index in [1.165, 1.54) is 0 Å².